The van der Waals surface area contributed by atoms with Crippen LogP contribution in [-0.4, -0.2) is 30.8 Å². The summed E-state index contributed by atoms with van der Waals surface area (Å²) in [5.41, 5.74) is 2.49. The van der Waals surface area contributed by atoms with Crippen molar-refractivity contribution in [3.8, 4) is 5.75 Å². The van der Waals surface area contributed by atoms with Crippen molar-refractivity contribution in [2.45, 2.75) is 38.9 Å². The number of quaternary nitrogens is 2. The van der Waals surface area contributed by atoms with Crippen LogP contribution in [-0.2, 0) is 13.1 Å². The summed E-state index contributed by atoms with van der Waals surface area (Å²) in [5, 5.41) is 10.1. The van der Waals surface area contributed by atoms with Gasteiger partial charge in [0.2, 0.25) is 0 Å². The third-order valence-corrected chi connectivity index (χ3v) is 5.97. The van der Waals surface area contributed by atoms with E-state index in [1.165, 1.54) is 38.0 Å². The maximum atomic E-state index is 10.1. The molecule has 0 radical (unpaired) electrons. The summed E-state index contributed by atoms with van der Waals surface area (Å²) in [4.78, 5) is 3.29. The minimum atomic E-state index is 0.419. The molecule has 1 aliphatic rings. The number of hydrogen-bond donors (Lipinski definition) is 3. The predicted molar refractivity (Wildman–Crippen MR) is 105 cm³/mol. The minimum absolute atomic E-state index is 0.419. The van der Waals surface area contributed by atoms with Crippen molar-refractivity contribution in [1.82, 2.24) is 0 Å². The quantitative estimate of drug-likeness (QED) is 0.673. The van der Waals surface area contributed by atoms with Crippen molar-refractivity contribution < 1.29 is 14.9 Å². The zero-order valence-corrected chi connectivity index (χ0v) is 16.6. The Bertz CT molecular complexity index is 669. The molecule has 0 saturated carbocycles. The zero-order valence-electron chi connectivity index (χ0n) is 15.0. The summed E-state index contributed by atoms with van der Waals surface area (Å²) in [6, 6.07) is 17.3. The molecule has 0 aromatic heterocycles. The van der Waals surface area contributed by atoms with Gasteiger partial charge in [-0.1, -0.05) is 46.3 Å². The van der Waals surface area contributed by atoms with Crippen molar-refractivity contribution in [3.05, 3.63) is 64.1 Å². The molecule has 0 spiro atoms. The summed E-state index contributed by atoms with van der Waals surface area (Å²) < 4.78 is 1.04. The van der Waals surface area contributed by atoms with Gasteiger partial charge >= 0.3 is 0 Å². The number of hydrogen-bond acceptors (Lipinski definition) is 1. The number of phenolic OH excluding ortho intramolecular Hbond substituents is 1. The number of rotatable bonds is 6. The van der Waals surface area contributed by atoms with Crippen molar-refractivity contribution in [3.63, 3.8) is 0 Å². The van der Waals surface area contributed by atoms with Crippen LogP contribution in [0.15, 0.2) is 53.0 Å². The van der Waals surface area contributed by atoms with Gasteiger partial charge in [0.1, 0.15) is 18.8 Å². The number of nitrogens with one attached hydrogen (secondary N) is 2. The number of piperidine rings is 1. The topological polar surface area (TPSA) is 29.1 Å². The van der Waals surface area contributed by atoms with E-state index in [4.69, 9.17) is 0 Å². The van der Waals surface area contributed by atoms with E-state index < -0.39 is 0 Å². The highest BCUT2D eigenvalue weighted by atomic mass is 79.9. The molecule has 1 heterocycles. The van der Waals surface area contributed by atoms with Crippen LogP contribution < -0.4 is 9.80 Å². The van der Waals surface area contributed by atoms with Crippen molar-refractivity contribution in [2.24, 2.45) is 0 Å². The van der Waals surface area contributed by atoms with E-state index in [1.807, 2.05) is 12.1 Å². The first-order valence-electron chi connectivity index (χ1n) is 9.35. The fraction of sp³-hybridized carbons (Fsp3) is 0.429. The number of aromatic hydroxyl groups is 1. The zero-order chi connectivity index (χ0) is 17.6. The summed E-state index contributed by atoms with van der Waals surface area (Å²) in [5.74, 6) is 0.419. The third kappa shape index (κ3) is 5.06. The number of likely N-dealkylation sites (tertiary alicyclic amines) is 1. The molecule has 2 aromatic rings. The van der Waals surface area contributed by atoms with E-state index in [1.54, 1.807) is 15.9 Å². The van der Waals surface area contributed by atoms with E-state index >= 15 is 0 Å². The normalized spacial score (nSPS) is 21.8. The Morgan fingerprint density at radius 1 is 1.12 bits per heavy atom. The Kier molecular flexibility index (Phi) is 6.51. The Balaban J connectivity index is 1.54. The van der Waals surface area contributed by atoms with Gasteiger partial charge in [-0.3, -0.25) is 0 Å². The fourth-order valence-electron chi connectivity index (χ4n) is 3.99. The molecule has 3 nitrogen and oxygen atoms in total. The molecule has 0 aliphatic carbocycles. The first-order valence-corrected chi connectivity index (χ1v) is 10.1. The van der Waals surface area contributed by atoms with Gasteiger partial charge in [0.15, 0.2) is 0 Å². The maximum absolute atomic E-state index is 10.1. The molecule has 1 unspecified atom stereocenters. The van der Waals surface area contributed by atoms with Gasteiger partial charge in [-0.2, -0.15) is 0 Å². The Labute approximate surface area is 159 Å². The molecule has 3 N–H and O–H groups in total. The summed E-state index contributed by atoms with van der Waals surface area (Å²) in [7, 11) is 0. The molecular formula is C21H29BrN2O+2. The van der Waals surface area contributed by atoms with Gasteiger partial charge in [0.25, 0.3) is 0 Å². The highest BCUT2D eigenvalue weighted by Crippen LogP contribution is 2.21. The highest BCUT2D eigenvalue weighted by Gasteiger charge is 2.29. The molecule has 134 valence electrons. The van der Waals surface area contributed by atoms with Crippen molar-refractivity contribution >= 4 is 15.9 Å². The molecule has 1 aliphatic heterocycles. The van der Waals surface area contributed by atoms with Crippen LogP contribution in [0.1, 0.15) is 30.9 Å². The molecule has 1 fully saturated rings. The average molecular weight is 405 g/mol. The first kappa shape index (κ1) is 18.4. The Morgan fingerprint density at radius 2 is 1.84 bits per heavy atom. The number of benzene rings is 2. The largest absolute Gasteiger partial charge is 0.507 e. The molecule has 2 aromatic carbocycles. The van der Waals surface area contributed by atoms with Crippen LogP contribution in [0.5, 0.6) is 5.75 Å². The van der Waals surface area contributed by atoms with E-state index in [-0.39, 0.29) is 0 Å². The van der Waals surface area contributed by atoms with Crippen LogP contribution in [0.2, 0.25) is 0 Å². The lowest BCUT2D eigenvalue weighted by Gasteiger charge is -2.34. The summed E-state index contributed by atoms with van der Waals surface area (Å²) in [6.07, 6.45) is 2.53. The summed E-state index contributed by atoms with van der Waals surface area (Å²) in [6.45, 7) is 7.91. The molecular weight excluding hydrogens is 376 g/mol. The SMILES string of the molecule is CC[NH+](Cc1ccccc1)C1CC[NH+](Cc2cc(Br)ccc2O)CC1. The second-order valence-corrected chi connectivity index (χ2v) is 8.06. The lowest BCUT2D eigenvalue weighted by atomic mass is 10.0. The standard InChI is InChI=1S/C21H27BrN2O/c1-2-24(15-17-6-4-3-5-7-17)20-10-12-23(13-11-20)16-18-14-19(22)8-9-21(18)25/h3-9,14,20,25H,2,10-13,15-16H2,1H3/p+2. The Hall–Kier alpha value is -1.36. The molecule has 0 amide bonds. The van der Waals surface area contributed by atoms with E-state index in [0.29, 0.717) is 5.75 Å². The number of phenols is 1. The fourth-order valence-corrected chi connectivity index (χ4v) is 4.40. The van der Waals surface area contributed by atoms with Gasteiger partial charge in [0.05, 0.1) is 25.7 Å². The lowest BCUT2D eigenvalue weighted by Crippen LogP contribution is -3.19. The molecule has 1 saturated heterocycles. The van der Waals surface area contributed by atoms with Gasteiger partial charge in [-0.05, 0) is 25.1 Å². The van der Waals surface area contributed by atoms with Gasteiger partial charge in [0, 0.05) is 28.4 Å². The molecule has 3 rings (SSSR count). The van der Waals surface area contributed by atoms with Crippen LogP contribution in [0.3, 0.4) is 0 Å². The first-order chi connectivity index (χ1) is 12.2. The third-order valence-electron chi connectivity index (χ3n) is 5.48. The molecule has 1 atom stereocenters. The molecule has 25 heavy (non-hydrogen) atoms. The lowest BCUT2D eigenvalue weighted by molar-refractivity contribution is -0.969. The van der Waals surface area contributed by atoms with Crippen LogP contribution in [0, 0.1) is 0 Å². The van der Waals surface area contributed by atoms with Crippen molar-refractivity contribution in [1.29, 1.82) is 0 Å². The van der Waals surface area contributed by atoms with E-state index in [2.05, 4.69) is 53.2 Å². The second-order valence-electron chi connectivity index (χ2n) is 7.15. The molecule has 4 heteroatoms. The monoisotopic (exact) mass is 404 g/mol. The Morgan fingerprint density at radius 3 is 2.52 bits per heavy atom. The van der Waals surface area contributed by atoms with Gasteiger partial charge in [-0.15, -0.1) is 0 Å². The smallest absolute Gasteiger partial charge is 0.124 e. The second kappa shape index (κ2) is 8.84. The van der Waals surface area contributed by atoms with Gasteiger partial charge in [-0.25, -0.2) is 0 Å². The number of halogens is 1. The van der Waals surface area contributed by atoms with Gasteiger partial charge < -0.3 is 14.9 Å². The average Bonchev–Trinajstić information content (AvgIpc) is 2.64. The predicted octanol–water partition coefficient (Wildman–Crippen LogP) is 1.81. The molecule has 0 bridgehead atoms. The van der Waals surface area contributed by atoms with Crippen LogP contribution in [0.4, 0.5) is 0 Å². The minimum Gasteiger partial charge on any atom is -0.507 e. The van der Waals surface area contributed by atoms with Crippen LogP contribution in [0.25, 0.3) is 0 Å². The van der Waals surface area contributed by atoms with E-state index in [0.717, 1.165) is 29.2 Å². The summed E-state index contributed by atoms with van der Waals surface area (Å²) >= 11 is 3.51. The maximum Gasteiger partial charge on any atom is 0.124 e. The van der Waals surface area contributed by atoms with E-state index in [9.17, 15) is 5.11 Å². The van der Waals surface area contributed by atoms with Crippen molar-refractivity contribution in [2.75, 3.05) is 19.6 Å². The highest BCUT2D eigenvalue weighted by molar-refractivity contribution is 9.10. The van der Waals surface area contributed by atoms with Crippen LogP contribution >= 0.6 is 15.9 Å².